The third-order valence-corrected chi connectivity index (χ3v) is 3.06. The third-order valence-electron chi connectivity index (χ3n) is 3.06. The van der Waals surface area contributed by atoms with E-state index >= 15 is 0 Å². The second-order valence-electron chi connectivity index (χ2n) is 4.89. The fourth-order valence-corrected chi connectivity index (χ4v) is 1.81. The molecule has 2 atom stereocenters. The van der Waals surface area contributed by atoms with Crippen LogP contribution in [0.3, 0.4) is 0 Å². The van der Waals surface area contributed by atoms with Crippen molar-refractivity contribution in [3.05, 3.63) is 35.9 Å². The van der Waals surface area contributed by atoms with Gasteiger partial charge in [-0.05, 0) is 25.8 Å². The number of carbonyl (C=O) groups excluding carboxylic acids is 1. The number of carbonyl (C=O) groups is 1. The summed E-state index contributed by atoms with van der Waals surface area (Å²) in [5.74, 6) is -0.531. The Labute approximate surface area is 102 Å². The summed E-state index contributed by atoms with van der Waals surface area (Å²) < 4.78 is 0. The second kappa shape index (κ2) is 4.98. The Balaban J connectivity index is 2.86. The van der Waals surface area contributed by atoms with Crippen molar-refractivity contribution in [2.75, 3.05) is 0 Å². The molecule has 0 aliphatic heterocycles. The van der Waals surface area contributed by atoms with Crippen molar-refractivity contribution in [3.63, 3.8) is 0 Å². The van der Waals surface area contributed by atoms with E-state index in [2.05, 4.69) is 0 Å². The van der Waals surface area contributed by atoms with Crippen LogP contribution in [0.4, 0.5) is 0 Å². The first-order valence-electron chi connectivity index (χ1n) is 5.83. The summed E-state index contributed by atoms with van der Waals surface area (Å²) in [5.41, 5.74) is -2.14. The van der Waals surface area contributed by atoms with E-state index in [-0.39, 0.29) is 12.8 Å². The van der Waals surface area contributed by atoms with Gasteiger partial charge in [0.1, 0.15) is 11.2 Å². The Hall–Kier alpha value is -1.19. The number of hydrogen-bond donors (Lipinski definition) is 2. The maximum Gasteiger partial charge on any atom is 0.195 e. The molecule has 94 valence electrons. The highest BCUT2D eigenvalue weighted by atomic mass is 16.3. The largest absolute Gasteiger partial charge is 0.382 e. The predicted octanol–water partition coefficient (Wildman–Crippen LogP) is 1.71. The van der Waals surface area contributed by atoms with Crippen LogP contribution in [0, 0.1) is 0 Å². The maximum atomic E-state index is 12.0. The van der Waals surface area contributed by atoms with Gasteiger partial charge in [0.2, 0.25) is 0 Å². The van der Waals surface area contributed by atoms with Crippen molar-refractivity contribution in [2.24, 2.45) is 0 Å². The van der Waals surface area contributed by atoms with Crippen LogP contribution in [0.1, 0.15) is 32.8 Å². The lowest BCUT2D eigenvalue weighted by molar-refractivity contribution is -0.154. The SMILES string of the molecule is CC[C@](C)(O)C(=O)[C@@](C)(O)Cc1ccccc1. The highest BCUT2D eigenvalue weighted by molar-refractivity contribution is 5.93. The summed E-state index contributed by atoms with van der Waals surface area (Å²) in [6.45, 7) is 4.61. The molecule has 0 amide bonds. The number of aliphatic hydroxyl groups is 2. The van der Waals surface area contributed by atoms with E-state index in [0.29, 0.717) is 0 Å². The van der Waals surface area contributed by atoms with Gasteiger partial charge in [0.25, 0.3) is 0 Å². The molecule has 1 aromatic carbocycles. The number of benzene rings is 1. The highest BCUT2D eigenvalue weighted by Gasteiger charge is 2.41. The zero-order valence-electron chi connectivity index (χ0n) is 10.6. The number of ketones is 1. The van der Waals surface area contributed by atoms with E-state index in [4.69, 9.17) is 0 Å². The van der Waals surface area contributed by atoms with Crippen LogP contribution in [-0.4, -0.2) is 27.2 Å². The van der Waals surface area contributed by atoms with Gasteiger partial charge in [-0.2, -0.15) is 0 Å². The molecule has 0 heterocycles. The minimum atomic E-state index is -1.54. The van der Waals surface area contributed by atoms with Crippen LogP contribution in [0.15, 0.2) is 30.3 Å². The standard InChI is InChI=1S/C14H20O3/c1-4-13(2,16)12(15)14(3,17)10-11-8-6-5-7-9-11/h5-9,16-17H,4,10H2,1-3H3/t13-,14-/m0/s1. The van der Waals surface area contributed by atoms with E-state index in [0.717, 1.165) is 5.56 Å². The average Bonchev–Trinajstić information content (AvgIpc) is 2.28. The average molecular weight is 236 g/mol. The van der Waals surface area contributed by atoms with E-state index < -0.39 is 17.0 Å². The normalized spacial score (nSPS) is 18.2. The summed E-state index contributed by atoms with van der Waals surface area (Å²) in [6, 6.07) is 9.29. The summed E-state index contributed by atoms with van der Waals surface area (Å²) >= 11 is 0. The van der Waals surface area contributed by atoms with Crippen LogP contribution < -0.4 is 0 Å². The Morgan fingerprint density at radius 2 is 1.65 bits per heavy atom. The molecule has 0 aliphatic carbocycles. The number of Topliss-reactive ketones (excluding diaryl/α,β-unsaturated/α-hetero) is 1. The van der Waals surface area contributed by atoms with Crippen LogP contribution >= 0.6 is 0 Å². The van der Waals surface area contributed by atoms with Crippen molar-refractivity contribution in [1.29, 1.82) is 0 Å². The lowest BCUT2D eigenvalue weighted by Crippen LogP contribution is -2.50. The molecule has 1 aromatic rings. The molecule has 0 unspecified atom stereocenters. The second-order valence-corrected chi connectivity index (χ2v) is 4.89. The quantitative estimate of drug-likeness (QED) is 0.818. The predicted molar refractivity (Wildman–Crippen MR) is 66.7 cm³/mol. The van der Waals surface area contributed by atoms with E-state index in [1.165, 1.54) is 13.8 Å². The highest BCUT2D eigenvalue weighted by Crippen LogP contribution is 2.22. The first-order valence-corrected chi connectivity index (χ1v) is 5.83. The minimum Gasteiger partial charge on any atom is -0.382 e. The van der Waals surface area contributed by atoms with E-state index in [1.807, 2.05) is 30.3 Å². The molecule has 0 bridgehead atoms. The van der Waals surface area contributed by atoms with Crippen molar-refractivity contribution >= 4 is 5.78 Å². The van der Waals surface area contributed by atoms with Crippen molar-refractivity contribution in [1.82, 2.24) is 0 Å². The van der Waals surface area contributed by atoms with Crippen LogP contribution in [0.2, 0.25) is 0 Å². The molecule has 1 rings (SSSR count). The fourth-order valence-electron chi connectivity index (χ4n) is 1.81. The first-order chi connectivity index (χ1) is 7.79. The van der Waals surface area contributed by atoms with Gasteiger partial charge in [-0.15, -0.1) is 0 Å². The van der Waals surface area contributed by atoms with Crippen molar-refractivity contribution < 1.29 is 15.0 Å². The summed E-state index contributed by atoms with van der Waals surface area (Å²) in [5, 5.41) is 20.1. The Morgan fingerprint density at radius 1 is 1.12 bits per heavy atom. The van der Waals surface area contributed by atoms with Gasteiger partial charge in [0, 0.05) is 6.42 Å². The fraction of sp³-hybridized carbons (Fsp3) is 0.500. The molecule has 0 aliphatic rings. The molecular formula is C14H20O3. The van der Waals surface area contributed by atoms with Gasteiger partial charge in [0.15, 0.2) is 5.78 Å². The Bertz CT molecular complexity index is 380. The lowest BCUT2D eigenvalue weighted by atomic mass is 9.82. The van der Waals surface area contributed by atoms with Gasteiger partial charge in [0.05, 0.1) is 0 Å². The lowest BCUT2D eigenvalue weighted by Gasteiger charge is -2.30. The summed E-state index contributed by atoms with van der Waals surface area (Å²) in [6.07, 6.45) is 0.500. The minimum absolute atomic E-state index is 0.211. The molecule has 3 nitrogen and oxygen atoms in total. The number of rotatable bonds is 5. The molecule has 0 saturated heterocycles. The first kappa shape index (κ1) is 13.9. The third kappa shape index (κ3) is 3.38. The van der Waals surface area contributed by atoms with Gasteiger partial charge in [-0.1, -0.05) is 37.3 Å². The molecular weight excluding hydrogens is 216 g/mol. The van der Waals surface area contributed by atoms with Gasteiger partial charge in [-0.25, -0.2) is 0 Å². The molecule has 3 heteroatoms. The summed E-state index contributed by atoms with van der Waals surface area (Å²) in [7, 11) is 0. The zero-order chi connectivity index (χ0) is 13.1. The van der Waals surface area contributed by atoms with Gasteiger partial charge in [-0.3, -0.25) is 4.79 Å². The maximum absolute atomic E-state index is 12.0. The molecule has 0 saturated carbocycles. The van der Waals surface area contributed by atoms with Crippen LogP contribution in [0.5, 0.6) is 0 Å². The zero-order valence-corrected chi connectivity index (χ0v) is 10.6. The monoisotopic (exact) mass is 236 g/mol. The molecule has 2 N–H and O–H groups in total. The molecule has 0 aromatic heterocycles. The van der Waals surface area contributed by atoms with Gasteiger partial charge >= 0.3 is 0 Å². The van der Waals surface area contributed by atoms with Crippen LogP contribution in [-0.2, 0) is 11.2 Å². The smallest absolute Gasteiger partial charge is 0.195 e. The molecule has 0 radical (unpaired) electrons. The Kier molecular flexibility index (Phi) is 4.07. The number of hydrogen-bond acceptors (Lipinski definition) is 3. The molecule has 0 fully saturated rings. The van der Waals surface area contributed by atoms with Crippen molar-refractivity contribution in [2.45, 2.75) is 44.8 Å². The van der Waals surface area contributed by atoms with Crippen LogP contribution in [0.25, 0.3) is 0 Å². The topological polar surface area (TPSA) is 57.5 Å². The van der Waals surface area contributed by atoms with Gasteiger partial charge < -0.3 is 10.2 Å². The van der Waals surface area contributed by atoms with Crippen molar-refractivity contribution in [3.8, 4) is 0 Å². The molecule has 17 heavy (non-hydrogen) atoms. The molecule has 0 spiro atoms. The van der Waals surface area contributed by atoms with E-state index in [1.54, 1.807) is 6.92 Å². The Morgan fingerprint density at radius 3 is 2.12 bits per heavy atom. The summed E-state index contributed by atoms with van der Waals surface area (Å²) in [4.78, 5) is 12.0. The van der Waals surface area contributed by atoms with E-state index in [9.17, 15) is 15.0 Å².